The van der Waals surface area contributed by atoms with E-state index in [-0.39, 0.29) is 13.0 Å². The van der Waals surface area contributed by atoms with Gasteiger partial charge in [-0.15, -0.1) is 0 Å². The zero-order chi connectivity index (χ0) is 21.8. The predicted octanol–water partition coefficient (Wildman–Crippen LogP) is 3.22. The number of benzene rings is 3. The molecule has 6 heteroatoms. The van der Waals surface area contributed by atoms with E-state index in [9.17, 15) is 14.4 Å². The van der Waals surface area contributed by atoms with Gasteiger partial charge in [-0.2, -0.15) is 0 Å². The molecule has 0 saturated carbocycles. The number of ether oxygens (including phenoxy) is 1. The molecule has 0 saturated heterocycles. The van der Waals surface area contributed by atoms with E-state index in [4.69, 9.17) is 4.74 Å². The smallest absolute Gasteiger partial charge is 0.262 e. The highest BCUT2D eigenvalue weighted by atomic mass is 16.5. The van der Waals surface area contributed by atoms with Gasteiger partial charge in [0.1, 0.15) is 11.8 Å². The molecule has 156 valence electrons. The lowest BCUT2D eigenvalue weighted by atomic mass is 10.0. The number of rotatable bonds is 7. The van der Waals surface area contributed by atoms with Gasteiger partial charge in [0.15, 0.2) is 0 Å². The first kappa shape index (κ1) is 20.3. The van der Waals surface area contributed by atoms with Crippen molar-refractivity contribution in [2.75, 3.05) is 7.11 Å². The normalized spacial score (nSPS) is 13.6. The summed E-state index contributed by atoms with van der Waals surface area (Å²) in [4.78, 5) is 40.4. The van der Waals surface area contributed by atoms with Gasteiger partial charge in [0.25, 0.3) is 11.8 Å². The van der Waals surface area contributed by atoms with Crippen molar-refractivity contribution >= 4 is 17.7 Å². The van der Waals surface area contributed by atoms with Crippen molar-refractivity contribution < 1.29 is 19.1 Å². The zero-order valence-electron chi connectivity index (χ0n) is 17.1. The van der Waals surface area contributed by atoms with E-state index in [1.807, 2.05) is 54.6 Å². The highest BCUT2D eigenvalue weighted by molar-refractivity contribution is 6.22. The van der Waals surface area contributed by atoms with Crippen molar-refractivity contribution in [3.05, 3.63) is 101 Å². The summed E-state index contributed by atoms with van der Waals surface area (Å²) in [6.45, 7) is 0.220. The Labute approximate surface area is 180 Å². The van der Waals surface area contributed by atoms with Crippen molar-refractivity contribution in [1.82, 2.24) is 10.2 Å². The number of amides is 3. The molecule has 0 aliphatic carbocycles. The van der Waals surface area contributed by atoms with Gasteiger partial charge in [-0.25, -0.2) is 0 Å². The minimum Gasteiger partial charge on any atom is -0.496 e. The second-order valence-electron chi connectivity index (χ2n) is 7.26. The van der Waals surface area contributed by atoms with Crippen LogP contribution in [0.5, 0.6) is 5.75 Å². The summed E-state index contributed by atoms with van der Waals surface area (Å²) in [6, 6.07) is 22.4. The van der Waals surface area contributed by atoms with E-state index in [1.54, 1.807) is 31.4 Å². The van der Waals surface area contributed by atoms with Crippen molar-refractivity contribution in [2.24, 2.45) is 0 Å². The van der Waals surface area contributed by atoms with Crippen LogP contribution in [0.3, 0.4) is 0 Å². The van der Waals surface area contributed by atoms with Gasteiger partial charge in [-0.3, -0.25) is 19.3 Å². The number of carbonyl (C=O) groups is 3. The molecule has 1 atom stereocenters. The molecule has 0 bridgehead atoms. The number of hydrogen-bond acceptors (Lipinski definition) is 4. The topological polar surface area (TPSA) is 75.7 Å². The second-order valence-corrected chi connectivity index (χ2v) is 7.26. The van der Waals surface area contributed by atoms with Crippen LogP contribution in [-0.2, 0) is 17.8 Å². The van der Waals surface area contributed by atoms with Crippen LogP contribution in [0, 0.1) is 0 Å². The Morgan fingerprint density at radius 3 is 2.10 bits per heavy atom. The summed E-state index contributed by atoms with van der Waals surface area (Å²) in [5.41, 5.74) is 2.31. The van der Waals surface area contributed by atoms with E-state index in [2.05, 4.69) is 5.32 Å². The number of methoxy groups -OCH3 is 1. The van der Waals surface area contributed by atoms with Gasteiger partial charge >= 0.3 is 0 Å². The Morgan fingerprint density at radius 2 is 1.45 bits per heavy atom. The maximum atomic E-state index is 13.3. The first-order chi connectivity index (χ1) is 15.1. The molecule has 3 amide bonds. The summed E-state index contributed by atoms with van der Waals surface area (Å²) in [5.74, 6) is -0.643. The molecule has 1 unspecified atom stereocenters. The van der Waals surface area contributed by atoms with Crippen LogP contribution in [-0.4, -0.2) is 35.8 Å². The standard InChI is InChI=1S/C25H22N2O4/c1-31-22-14-8-5-11-18(22)16-26-23(28)21(15-17-9-3-2-4-10-17)27-24(29)19-12-6-7-13-20(19)25(27)30/h2-14,21H,15-16H2,1H3,(H,26,28). The Morgan fingerprint density at radius 1 is 0.871 bits per heavy atom. The van der Waals surface area contributed by atoms with Crippen LogP contribution in [0.1, 0.15) is 31.8 Å². The molecule has 0 aromatic heterocycles. The minimum atomic E-state index is -0.968. The number of imide groups is 1. The van der Waals surface area contributed by atoms with Crippen LogP contribution in [0.4, 0.5) is 0 Å². The molecule has 1 aliphatic rings. The van der Waals surface area contributed by atoms with Gasteiger partial charge in [0.05, 0.1) is 18.2 Å². The number of hydrogen-bond donors (Lipinski definition) is 1. The number of carbonyl (C=O) groups excluding carboxylic acids is 3. The first-order valence-corrected chi connectivity index (χ1v) is 10.0. The Bertz CT molecular complexity index is 1090. The maximum absolute atomic E-state index is 13.3. The third kappa shape index (κ3) is 4.05. The third-order valence-electron chi connectivity index (χ3n) is 5.36. The number of para-hydroxylation sites is 1. The summed E-state index contributed by atoms with van der Waals surface area (Å²) in [6.07, 6.45) is 0.226. The van der Waals surface area contributed by atoms with Crippen molar-refractivity contribution in [1.29, 1.82) is 0 Å². The Kier molecular flexibility index (Phi) is 5.80. The third-order valence-corrected chi connectivity index (χ3v) is 5.36. The molecule has 0 radical (unpaired) electrons. The van der Waals surface area contributed by atoms with Crippen LogP contribution < -0.4 is 10.1 Å². The quantitative estimate of drug-likeness (QED) is 0.603. The van der Waals surface area contributed by atoms with Gasteiger partial charge in [-0.1, -0.05) is 60.7 Å². The van der Waals surface area contributed by atoms with E-state index >= 15 is 0 Å². The summed E-state index contributed by atoms with van der Waals surface area (Å²) in [5, 5.41) is 2.87. The van der Waals surface area contributed by atoms with Crippen molar-refractivity contribution in [2.45, 2.75) is 19.0 Å². The SMILES string of the molecule is COc1ccccc1CNC(=O)C(Cc1ccccc1)N1C(=O)c2ccccc2C1=O. The number of fused-ring (bicyclic) bond motifs is 1. The molecule has 1 N–H and O–H groups in total. The molecule has 1 heterocycles. The summed E-state index contributed by atoms with van der Waals surface area (Å²) < 4.78 is 5.34. The molecule has 3 aromatic carbocycles. The molecule has 0 spiro atoms. The highest BCUT2D eigenvalue weighted by Gasteiger charge is 2.42. The monoisotopic (exact) mass is 414 g/mol. The molecule has 31 heavy (non-hydrogen) atoms. The van der Waals surface area contributed by atoms with Gasteiger partial charge in [0.2, 0.25) is 5.91 Å². The predicted molar refractivity (Wildman–Crippen MR) is 116 cm³/mol. The average Bonchev–Trinajstić information content (AvgIpc) is 3.07. The van der Waals surface area contributed by atoms with Gasteiger partial charge < -0.3 is 10.1 Å². The largest absolute Gasteiger partial charge is 0.496 e. The van der Waals surface area contributed by atoms with E-state index in [0.717, 1.165) is 16.0 Å². The fourth-order valence-corrected chi connectivity index (χ4v) is 3.78. The minimum absolute atomic E-state index is 0.220. The Balaban J connectivity index is 1.61. The van der Waals surface area contributed by atoms with Crippen LogP contribution in [0.25, 0.3) is 0 Å². The lowest BCUT2D eigenvalue weighted by Gasteiger charge is -2.25. The van der Waals surface area contributed by atoms with E-state index in [1.165, 1.54) is 0 Å². The van der Waals surface area contributed by atoms with E-state index < -0.39 is 23.8 Å². The Hall–Kier alpha value is -3.93. The highest BCUT2D eigenvalue weighted by Crippen LogP contribution is 2.26. The average molecular weight is 414 g/mol. The molecular weight excluding hydrogens is 392 g/mol. The van der Waals surface area contributed by atoms with Crippen LogP contribution in [0.2, 0.25) is 0 Å². The first-order valence-electron chi connectivity index (χ1n) is 10.0. The fraction of sp³-hybridized carbons (Fsp3) is 0.160. The lowest BCUT2D eigenvalue weighted by molar-refractivity contribution is -0.125. The fourth-order valence-electron chi connectivity index (χ4n) is 3.78. The van der Waals surface area contributed by atoms with E-state index in [0.29, 0.717) is 16.9 Å². The van der Waals surface area contributed by atoms with Gasteiger partial charge in [-0.05, 0) is 23.8 Å². The molecular formula is C25H22N2O4. The molecule has 0 fully saturated rings. The van der Waals surface area contributed by atoms with Crippen molar-refractivity contribution in [3.8, 4) is 5.75 Å². The van der Waals surface area contributed by atoms with Crippen molar-refractivity contribution in [3.63, 3.8) is 0 Å². The number of nitrogens with one attached hydrogen (secondary N) is 1. The van der Waals surface area contributed by atoms with Crippen LogP contribution >= 0.6 is 0 Å². The molecule has 1 aliphatic heterocycles. The molecule has 4 rings (SSSR count). The summed E-state index contributed by atoms with van der Waals surface area (Å²) in [7, 11) is 1.57. The lowest BCUT2D eigenvalue weighted by Crippen LogP contribution is -2.50. The zero-order valence-corrected chi connectivity index (χ0v) is 17.1. The molecule has 3 aromatic rings. The van der Waals surface area contributed by atoms with Crippen LogP contribution in [0.15, 0.2) is 78.9 Å². The second kappa shape index (κ2) is 8.83. The maximum Gasteiger partial charge on any atom is 0.262 e. The molecule has 6 nitrogen and oxygen atoms in total. The number of nitrogens with zero attached hydrogens (tertiary/aromatic N) is 1. The summed E-state index contributed by atoms with van der Waals surface area (Å²) >= 11 is 0. The van der Waals surface area contributed by atoms with Gasteiger partial charge in [0, 0.05) is 18.5 Å².